The van der Waals surface area contributed by atoms with Crippen molar-refractivity contribution in [3.63, 3.8) is 0 Å². The van der Waals surface area contributed by atoms with Crippen molar-refractivity contribution in [2.24, 2.45) is 0 Å². The molecular formula is C15H11NO3. The molecule has 0 saturated carbocycles. The van der Waals surface area contributed by atoms with Crippen LogP contribution in [0.3, 0.4) is 0 Å². The topological polar surface area (TPSA) is 47.8 Å². The fraction of sp³-hybridized carbons (Fsp3) is 0.0667. The number of hydrogen-bond donors (Lipinski definition) is 0. The number of fused-ring (bicyclic) bond motifs is 3. The van der Waals surface area contributed by atoms with Crippen LogP contribution < -0.4 is 5.56 Å². The second-order valence-electron chi connectivity index (χ2n) is 4.17. The van der Waals surface area contributed by atoms with E-state index in [4.69, 9.17) is 4.74 Å². The summed E-state index contributed by atoms with van der Waals surface area (Å²) in [7, 11) is 1.27. The molecule has 3 aromatic rings. The van der Waals surface area contributed by atoms with Crippen LogP contribution in [-0.2, 0) is 4.74 Å². The van der Waals surface area contributed by atoms with Crippen LogP contribution in [0.25, 0.3) is 16.3 Å². The average molecular weight is 253 g/mol. The van der Waals surface area contributed by atoms with E-state index in [1.54, 1.807) is 24.4 Å². The summed E-state index contributed by atoms with van der Waals surface area (Å²) >= 11 is 0. The number of benzene rings is 1. The van der Waals surface area contributed by atoms with Gasteiger partial charge in [-0.15, -0.1) is 0 Å². The van der Waals surface area contributed by atoms with Crippen LogP contribution in [0, 0.1) is 0 Å². The van der Waals surface area contributed by atoms with Gasteiger partial charge in [-0.1, -0.05) is 30.3 Å². The SMILES string of the molecule is COC(=O)c1c(=O)n2ccccc2c2ccccc12. The lowest BCUT2D eigenvalue weighted by Crippen LogP contribution is -2.23. The van der Waals surface area contributed by atoms with Crippen molar-refractivity contribution in [2.75, 3.05) is 7.11 Å². The first-order chi connectivity index (χ1) is 9.24. The zero-order valence-corrected chi connectivity index (χ0v) is 10.3. The third kappa shape index (κ3) is 1.61. The van der Waals surface area contributed by atoms with Crippen LogP contribution >= 0.6 is 0 Å². The molecule has 0 aliphatic heterocycles. The predicted octanol–water partition coefficient (Wildman–Crippen LogP) is 2.24. The Morgan fingerprint density at radius 2 is 1.74 bits per heavy atom. The van der Waals surface area contributed by atoms with Gasteiger partial charge in [-0.05, 0) is 12.1 Å². The smallest absolute Gasteiger partial charge is 0.344 e. The molecule has 4 heteroatoms. The second-order valence-corrected chi connectivity index (χ2v) is 4.17. The Hall–Kier alpha value is -2.62. The van der Waals surface area contributed by atoms with Crippen molar-refractivity contribution in [2.45, 2.75) is 0 Å². The van der Waals surface area contributed by atoms with E-state index in [0.29, 0.717) is 5.39 Å². The van der Waals surface area contributed by atoms with Crippen LogP contribution in [-0.4, -0.2) is 17.5 Å². The number of aromatic nitrogens is 1. The molecule has 94 valence electrons. The molecule has 0 aliphatic rings. The lowest BCUT2D eigenvalue weighted by atomic mass is 10.1. The summed E-state index contributed by atoms with van der Waals surface area (Å²) in [6, 6.07) is 12.8. The minimum absolute atomic E-state index is 0.0711. The van der Waals surface area contributed by atoms with Crippen molar-refractivity contribution >= 4 is 22.3 Å². The van der Waals surface area contributed by atoms with Gasteiger partial charge in [0.1, 0.15) is 5.56 Å². The van der Waals surface area contributed by atoms with Gasteiger partial charge in [0.25, 0.3) is 5.56 Å². The Morgan fingerprint density at radius 3 is 2.47 bits per heavy atom. The summed E-state index contributed by atoms with van der Waals surface area (Å²) < 4.78 is 6.19. The fourth-order valence-electron chi connectivity index (χ4n) is 2.30. The van der Waals surface area contributed by atoms with Crippen molar-refractivity contribution in [1.29, 1.82) is 0 Å². The number of esters is 1. The first kappa shape index (κ1) is 11.5. The van der Waals surface area contributed by atoms with E-state index in [9.17, 15) is 9.59 Å². The summed E-state index contributed by atoms with van der Waals surface area (Å²) in [5, 5.41) is 1.47. The number of hydrogen-bond acceptors (Lipinski definition) is 3. The largest absolute Gasteiger partial charge is 0.465 e. The summed E-state index contributed by atoms with van der Waals surface area (Å²) in [5.41, 5.74) is 0.485. The Kier molecular flexibility index (Phi) is 2.56. The zero-order valence-electron chi connectivity index (χ0n) is 10.3. The van der Waals surface area contributed by atoms with Gasteiger partial charge in [-0.3, -0.25) is 9.20 Å². The molecule has 0 fully saturated rings. The van der Waals surface area contributed by atoms with Crippen LogP contribution in [0.2, 0.25) is 0 Å². The van der Waals surface area contributed by atoms with Gasteiger partial charge >= 0.3 is 5.97 Å². The molecule has 3 rings (SSSR count). The standard InChI is InChI=1S/C15H11NO3/c1-19-15(18)13-11-7-3-2-6-10(11)12-8-4-5-9-16(12)14(13)17/h2-9H,1H3. The van der Waals surface area contributed by atoms with Gasteiger partial charge in [0.15, 0.2) is 0 Å². The second kappa shape index (κ2) is 4.24. The molecule has 0 N–H and O–H groups in total. The fourth-order valence-corrected chi connectivity index (χ4v) is 2.30. The Balaban J connectivity index is 2.63. The first-order valence-corrected chi connectivity index (χ1v) is 5.84. The van der Waals surface area contributed by atoms with Gasteiger partial charge < -0.3 is 4.74 Å². The third-order valence-electron chi connectivity index (χ3n) is 3.15. The Labute approximate surface area is 108 Å². The van der Waals surface area contributed by atoms with E-state index in [1.165, 1.54) is 11.5 Å². The van der Waals surface area contributed by atoms with Gasteiger partial charge in [0, 0.05) is 17.0 Å². The lowest BCUT2D eigenvalue weighted by molar-refractivity contribution is 0.0601. The van der Waals surface area contributed by atoms with Crippen molar-refractivity contribution in [1.82, 2.24) is 4.40 Å². The molecule has 0 aliphatic carbocycles. The van der Waals surface area contributed by atoms with Gasteiger partial charge in [0.2, 0.25) is 0 Å². The van der Waals surface area contributed by atoms with E-state index < -0.39 is 5.97 Å². The highest BCUT2D eigenvalue weighted by Crippen LogP contribution is 2.21. The lowest BCUT2D eigenvalue weighted by Gasteiger charge is -2.09. The average Bonchev–Trinajstić information content (AvgIpc) is 2.47. The summed E-state index contributed by atoms with van der Waals surface area (Å²) in [5.74, 6) is -0.612. The zero-order chi connectivity index (χ0) is 13.4. The van der Waals surface area contributed by atoms with Crippen LogP contribution in [0.5, 0.6) is 0 Å². The molecule has 0 unspecified atom stereocenters. The monoisotopic (exact) mass is 253 g/mol. The molecule has 4 nitrogen and oxygen atoms in total. The number of carbonyl (C=O) groups is 1. The van der Waals surface area contributed by atoms with Crippen LogP contribution in [0.4, 0.5) is 0 Å². The van der Waals surface area contributed by atoms with Crippen molar-refractivity contribution in [3.8, 4) is 0 Å². The van der Waals surface area contributed by atoms with Crippen molar-refractivity contribution < 1.29 is 9.53 Å². The van der Waals surface area contributed by atoms with Crippen molar-refractivity contribution in [3.05, 3.63) is 64.6 Å². The predicted molar refractivity (Wildman–Crippen MR) is 72.5 cm³/mol. The molecular weight excluding hydrogens is 242 g/mol. The van der Waals surface area contributed by atoms with E-state index in [2.05, 4.69) is 0 Å². The summed E-state index contributed by atoms with van der Waals surface area (Å²) in [6.45, 7) is 0. The minimum atomic E-state index is -0.612. The molecule has 0 saturated heterocycles. The highest BCUT2D eigenvalue weighted by Gasteiger charge is 2.18. The maximum absolute atomic E-state index is 12.4. The molecule has 0 radical (unpaired) electrons. The van der Waals surface area contributed by atoms with E-state index in [-0.39, 0.29) is 11.1 Å². The highest BCUT2D eigenvalue weighted by atomic mass is 16.5. The van der Waals surface area contributed by atoms with Gasteiger partial charge in [0.05, 0.1) is 12.6 Å². The number of carbonyl (C=O) groups excluding carboxylic acids is 1. The van der Waals surface area contributed by atoms with Gasteiger partial charge in [-0.2, -0.15) is 0 Å². The van der Waals surface area contributed by atoms with E-state index >= 15 is 0 Å². The summed E-state index contributed by atoms with van der Waals surface area (Å²) in [4.78, 5) is 24.3. The third-order valence-corrected chi connectivity index (χ3v) is 3.15. The molecule has 2 aromatic heterocycles. The van der Waals surface area contributed by atoms with Gasteiger partial charge in [-0.25, -0.2) is 4.79 Å². The minimum Gasteiger partial charge on any atom is -0.465 e. The molecule has 1 aromatic carbocycles. The summed E-state index contributed by atoms with van der Waals surface area (Å²) in [6.07, 6.45) is 1.65. The molecule has 0 amide bonds. The highest BCUT2D eigenvalue weighted by molar-refractivity contribution is 6.08. The number of nitrogens with zero attached hydrogens (tertiary/aromatic N) is 1. The maximum Gasteiger partial charge on any atom is 0.344 e. The quantitative estimate of drug-likeness (QED) is 0.493. The normalized spacial score (nSPS) is 10.8. The van der Waals surface area contributed by atoms with Crippen LogP contribution in [0.15, 0.2) is 53.5 Å². The Bertz CT molecular complexity index is 849. The number of ether oxygens (including phenoxy) is 1. The van der Waals surface area contributed by atoms with E-state index in [1.807, 2.05) is 24.3 Å². The number of pyridine rings is 2. The molecule has 19 heavy (non-hydrogen) atoms. The number of rotatable bonds is 1. The number of methoxy groups -OCH3 is 1. The first-order valence-electron chi connectivity index (χ1n) is 5.84. The molecule has 0 atom stereocenters. The van der Waals surface area contributed by atoms with E-state index in [0.717, 1.165) is 10.9 Å². The van der Waals surface area contributed by atoms with Crippen LogP contribution in [0.1, 0.15) is 10.4 Å². The Morgan fingerprint density at radius 1 is 1.05 bits per heavy atom. The maximum atomic E-state index is 12.4. The molecule has 2 heterocycles. The molecule has 0 bridgehead atoms. The molecule has 0 spiro atoms.